The lowest BCUT2D eigenvalue weighted by Gasteiger charge is -2.39. The minimum absolute atomic E-state index is 0.00155. The summed E-state index contributed by atoms with van der Waals surface area (Å²) in [4.78, 5) is 33.3. The molecular formula is C32H43B2N8O4Si. The third-order valence-corrected chi connectivity index (χ3v) is 14.1. The van der Waals surface area contributed by atoms with E-state index in [1.165, 1.54) is 7.41 Å². The summed E-state index contributed by atoms with van der Waals surface area (Å²) >= 11 is 0. The molecule has 0 unspecified atom stereocenters. The zero-order valence-electron chi connectivity index (χ0n) is 28.3. The summed E-state index contributed by atoms with van der Waals surface area (Å²) in [7, 11) is -1.04. The van der Waals surface area contributed by atoms with E-state index >= 15 is 0 Å². The molecule has 0 spiro atoms. The fourth-order valence-corrected chi connectivity index (χ4v) is 6.84. The van der Waals surface area contributed by atoms with Gasteiger partial charge in [-0.3, -0.25) is 0 Å². The molecule has 47 heavy (non-hydrogen) atoms. The molecule has 2 aliphatic rings. The molecule has 3 aromatic rings. The Hall–Kier alpha value is -3.83. The quantitative estimate of drug-likeness (QED) is 0.223. The van der Waals surface area contributed by atoms with Crippen LogP contribution in [0.1, 0.15) is 51.7 Å². The fraction of sp³-hybridized carbons (Fsp3) is 0.500. The molecule has 1 radical (unpaired) electrons. The number of anilines is 3. The number of fused-ring (bicyclic) bond motifs is 1. The number of rotatable bonds is 11. The molecule has 0 amide bonds. The van der Waals surface area contributed by atoms with Crippen LogP contribution in [0.4, 0.5) is 17.3 Å². The number of hydrogen-bond acceptors (Lipinski definition) is 12. The molecule has 5 rings (SSSR count). The number of nitriles is 1. The molecule has 0 aliphatic carbocycles. The summed E-state index contributed by atoms with van der Waals surface area (Å²) in [5, 5.41) is 23.2. The van der Waals surface area contributed by atoms with Gasteiger partial charge in [0.15, 0.2) is 8.32 Å². The van der Waals surface area contributed by atoms with Crippen LogP contribution >= 0.6 is 0 Å². The van der Waals surface area contributed by atoms with Gasteiger partial charge < -0.3 is 33.9 Å². The predicted octanol–water partition coefficient (Wildman–Crippen LogP) is 4.41. The van der Waals surface area contributed by atoms with Gasteiger partial charge in [-0.1, -0.05) is 27.7 Å². The molecule has 1 saturated heterocycles. The van der Waals surface area contributed by atoms with Gasteiger partial charge >= 0.3 is 20.5 Å². The molecule has 4 heterocycles. The summed E-state index contributed by atoms with van der Waals surface area (Å²) in [6, 6.07) is 8.30. The monoisotopic (exact) mass is 653 g/mol. The van der Waals surface area contributed by atoms with E-state index in [1.54, 1.807) is 37.5 Å². The number of nitrogens with one attached hydrogen (secondary N) is 1. The van der Waals surface area contributed by atoms with Crippen LogP contribution in [-0.4, -0.2) is 91.1 Å². The molecule has 2 N–H and O–H groups in total. The maximum atomic E-state index is 11.6. The highest BCUT2D eigenvalue weighted by atomic mass is 28.4. The van der Waals surface area contributed by atoms with Crippen molar-refractivity contribution in [1.82, 2.24) is 24.7 Å². The highest BCUT2D eigenvalue weighted by molar-refractivity contribution is 6.74. The number of carbonyl (C=O) groups is 1. The topological polar surface area (TPSA) is 150 Å². The van der Waals surface area contributed by atoms with Crippen molar-refractivity contribution in [3.8, 4) is 23.3 Å². The normalized spacial score (nSPS) is 18.7. The molecule has 0 bridgehead atoms. The minimum atomic E-state index is -2.07. The number of piperidine rings is 1. The van der Waals surface area contributed by atoms with Crippen LogP contribution in [0.5, 0.6) is 6.01 Å². The van der Waals surface area contributed by atoms with Crippen molar-refractivity contribution in [2.45, 2.75) is 77.0 Å². The van der Waals surface area contributed by atoms with Gasteiger partial charge in [0.05, 0.1) is 29.3 Å². The Kier molecular flexibility index (Phi) is 10.1. The standard InChI is InChI=1S/C32H43B2N8O4Si/c1-31(2,3)47(6,7)45-20-32(4)19-42(33-21-43)28-23(16-35)14-22(15-26(28)32)27-8-11-36-29(40-27)39-24-17-37-30(38-18-24)46-25-9-12-41(13-10-25)34(5)44/h8,11,14-15,17-18,21,25,44H,9-10,12-13,19-20H2,1-7H3,(H,36,39,40)/t32-/m1/s1. The zero-order valence-corrected chi connectivity index (χ0v) is 29.3. The number of nitrogens with zero attached hydrogens (tertiary/aromatic N) is 7. The van der Waals surface area contributed by atoms with Crippen molar-refractivity contribution >= 4 is 46.3 Å². The van der Waals surface area contributed by atoms with E-state index in [1.807, 2.05) is 9.62 Å². The second-order valence-electron chi connectivity index (χ2n) is 14.2. The SMILES string of the molecule is CB(O)N1CCC(Oc2ncc(Nc3nccc(-c4cc(C#N)c5c(c4)[C@@](C)(CO[Si](C)(C)C(C)(C)C)CN5[B]C=O)n3)cn2)CC1. The maximum Gasteiger partial charge on any atom is 0.376 e. The zero-order chi connectivity index (χ0) is 34.0. The fourth-order valence-electron chi connectivity index (χ4n) is 5.72. The molecule has 1 atom stereocenters. The lowest BCUT2D eigenvalue weighted by Crippen LogP contribution is -2.46. The number of carbonyl (C=O) groups excluding carboxylic acids is 1. The summed E-state index contributed by atoms with van der Waals surface area (Å²) in [5.41, 5.74) is 3.66. The Morgan fingerprint density at radius 3 is 2.55 bits per heavy atom. The molecule has 15 heteroatoms. The number of aromatic nitrogens is 4. The third kappa shape index (κ3) is 7.67. The van der Waals surface area contributed by atoms with Gasteiger partial charge in [0.2, 0.25) is 5.95 Å². The Morgan fingerprint density at radius 1 is 1.23 bits per heavy atom. The Balaban J connectivity index is 1.35. The van der Waals surface area contributed by atoms with Gasteiger partial charge in [-0.05, 0) is 74.6 Å². The smallest absolute Gasteiger partial charge is 0.376 e. The van der Waals surface area contributed by atoms with Gasteiger partial charge in [0, 0.05) is 36.0 Å². The Labute approximate surface area is 279 Å². The highest BCUT2D eigenvalue weighted by Gasteiger charge is 2.44. The number of benzene rings is 1. The lowest BCUT2D eigenvalue weighted by atomic mass is 9.82. The first kappa shape index (κ1) is 34.5. The molecule has 0 saturated carbocycles. The summed E-state index contributed by atoms with van der Waals surface area (Å²) in [5.74, 6) is 0.351. The van der Waals surface area contributed by atoms with Crippen LogP contribution in [0.2, 0.25) is 25.0 Å². The van der Waals surface area contributed by atoms with Crippen LogP contribution < -0.4 is 14.9 Å². The minimum Gasteiger partial charge on any atom is -0.460 e. The molecule has 2 aliphatic heterocycles. The number of hydrogen-bond donors (Lipinski definition) is 2. The summed E-state index contributed by atoms with van der Waals surface area (Å²) in [6.07, 6.45) is 7.25. The van der Waals surface area contributed by atoms with Gasteiger partial charge in [0.1, 0.15) is 18.4 Å². The highest BCUT2D eigenvalue weighted by Crippen LogP contribution is 2.46. The van der Waals surface area contributed by atoms with Crippen molar-refractivity contribution in [2.24, 2.45) is 0 Å². The lowest BCUT2D eigenvalue weighted by molar-refractivity contribution is 0.118. The van der Waals surface area contributed by atoms with E-state index in [9.17, 15) is 15.1 Å². The Bertz CT molecular complexity index is 1620. The molecular weight excluding hydrogens is 610 g/mol. The third-order valence-electron chi connectivity index (χ3n) is 9.60. The summed E-state index contributed by atoms with van der Waals surface area (Å²) in [6.45, 7) is 17.5. The van der Waals surface area contributed by atoms with E-state index in [2.05, 4.69) is 73.2 Å². The first-order valence-corrected chi connectivity index (χ1v) is 18.9. The number of ether oxygens (including phenoxy) is 1. The molecule has 1 aromatic carbocycles. The molecule has 12 nitrogen and oxygen atoms in total. The molecule has 1 fully saturated rings. The largest absolute Gasteiger partial charge is 0.460 e. The van der Waals surface area contributed by atoms with Crippen LogP contribution in [0.25, 0.3) is 11.3 Å². The van der Waals surface area contributed by atoms with Gasteiger partial charge in [-0.25, -0.2) is 19.9 Å². The maximum absolute atomic E-state index is 11.6. The van der Waals surface area contributed by atoms with E-state index < -0.39 is 20.8 Å². The van der Waals surface area contributed by atoms with Crippen LogP contribution in [-0.2, 0) is 14.6 Å². The second kappa shape index (κ2) is 13.7. The van der Waals surface area contributed by atoms with E-state index in [0.29, 0.717) is 42.1 Å². The van der Waals surface area contributed by atoms with Crippen LogP contribution in [0, 0.1) is 11.3 Å². The molecule has 245 valence electrons. The average molecular weight is 653 g/mol. The van der Waals surface area contributed by atoms with E-state index in [4.69, 9.17) is 14.1 Å². The van der Waals surface area contributed by atoms with Crippen molar-refractivity contribution in [3.63, 3.8) is 0 Å². The van der Waals surface area contributed by atoms with Gasteiger partial charge in [-0.15, -0.1) is 0 Å². The van der Waals surface area contributed by atoms with Crippen molar-refractivity contribution in [2.75, 3.05) is 36.4 Å². The van der Waals surface area contributed by atoms with Gasteiger partial charge in [0.25, 0.3) is 0 Å². The van der Waals surface area contributed by atoms with Crippen LogP contribution in [0.15, 0.2) is 36.8 Å². The first-order valence-electron chi connectivity index (χ1n) is 16.0. The Morgan fingerprint density at radius 2 is 1.94 bits per heavy atom. The second-order valence-corrected chi connectivity index (χ2v) is 19.0. The van der Waals surface area contributed by atoms with E-state index in [-0.39, 0.29) is 11.1 Å². The predicted molar refractivity (Wildman–Crippen MR) is 187 cm³/mol. The summed E-state index contributed by atoms with van der Waals surface area (Å²) < 4.78 is 12.7. The van der Waals surface area contributed by atoms with Crippen molar-refractivity contribution in [3.05, 3.63) is 47.9 Å². The van der Waals surface area contributed by atoms with Gasteiger partial charge in [-0.2, -0.15) is 5.26 Å². The van der Waals surface area contributed by atoms with E-state index in [0.717, 1.165) is 48.9 Å². The van der Waals surface area contributed by atoms with Crippen molar-refractivity contribution in [1.29, 1.82) is 5.26 Å². The van der Waals surface area contributed by atoms with Crippen LogP contribution in [0.3, 0.4) is 0 Å². The van der Waals surface area contributed by atoms with Crippen molar-refractivity contribution < 1.29 is 19.0 Å². The first-order chi connectivity index (χ1) is 22.2. The average Bonchev–Trinajstić information content (AvgIpc) is 3.32. The molecule has 2 aromatic heterocycles.